The minimum atomic E-state index is -0.978. The Balaban J connectivity index is 1.79. The van der Waals surface area contributed by atoms with Gasteiger partial charge in [-0.3, -0.25) is 19.7 Å². The molecule has 1 aromatic carbocycles. The second-order valence-electron chi connectivity index (χ2n) is 4.07. The molecule has 1 N–H and O–H groups in total. The summed E-state index contributed by atoms with van der Waals surface area (Å²) in [5, 5.41) is 2.08. The number of esters is 1. The molecule has 1 unspecified atom stereocenters. The molecule has 0 aliphatic carbocycles. The molecule has 1 heterocycles. The maximum absolute atomic E-state index is 11.6. The molecule has 18 heavy (non-hydrogen) atoms. The lowest BCUT2D eigenvalue weighted by Crippen LogP contribution is -2.27. The van der Waals surface area contributed by atoms with Crippen LogP contribution in [0, 0.1) is 5.92 Å². The molecule has 1 fully saturated rings. The highest BCUT2D eigenvalue weighted by Gasteiger charge is 2.37. The van der Waals surface area contributed by atoms with Crippen molar-refractivity contribution in [3.05, 3.63) is 35.9 Å². The van der Waals surface area contributed by atoms with Crippen LogP contribution in [-0.4, -0.2) is 24.4 Å². The van der Waals surface area contributed by atoms with E-state index in [0.717, 1.165) is 5.56 Å². The number of carbonyl (C=O) groups excluding carboxylic acids is 3. The number of ether oxygens (including phenoxy) is 1. The van der Waals surface area contributed by atoms with Crippen molar-refractivity contribution in [2.24, 2.45) is 5.92 Å². The lowest BCUT2D eigenvalue weighted by molar-refractivity contribution is -0.151. The summed E-state index contributed by atoms with van der Waals surface area (Å²) < 4.78 is 5.00. The average molecular weight is 247 g/mol. The lowest BCUT2D eigenvalue weighted by Gasteiger charge is -2.07. The molecule has 0 bridgehead atoms. The number of amides is 2. The van der Waals surface area contributed by atoms with Gasteiger partial charge in [-0.25, -0.2) is 0 Å². The van der Waals surface area contributed by atoms with Crippen LogP contribution in [0.2, 0.25) is 0 Å². The predicted octanol–water partition coefficient (Wildman–Crippen LogP) is 0.435. The molecule has 2 rings (SSSR count). The van der Waals surface area contributed by atoms with Crippen LogP contribution >= 0.6 is 0 Å². The van der Waals surface area contributed by atoms with E-state index < -0.39 is 23.7 Å². The Labute approximate surface area is 104 Å². The van der Waals surface area contributed by atoms with Crippen molar-refractivity contribution in [1.82, 2.24) is 5.32 Å². The largest absolute Gasteiger partial charge is 0.465 e. The predicted molar refractivity (Wildman–Crippen MR) is 62.4 cm³/mol. The standard InChI is InChI=1S/C13H13NO4/c15-11-8-10(12(16)14-11)13(17)18-7-6-9-4-2-1-3-5-9/h1-5,10H,6-8H2,(H,14,15,16). The second-order valence-corrected chi connectivity index (χ2v) is 4.07. The van der Waals surface area contributed by atoms with Gasteiger partial charge >= 0.3 is 5.97 Å². The molecule has 94 valence electrons. The van der Waals surface area contributed by atoms with Crippen molar-refractivity contribution in [3.8, 4) is 0 Å². The van der Waals surface area contributed by atoms with Gasteiger partial charge in [0.05, 0.1) is 6.61 Å². The molecule has 1 aliphatic heterocycles. The number of nitrogens with one attached hydrogen (secondary N) is 1. The van der Waals surface area contributed by atoms with Crippen molar-refractivity contribution in [2.45, 2.75) is 12.8 Å². The minimum absolute atomic E-state index is 0.108. The van der Waals surface area contributed by atoms with Crippen molar-refractivity contribution in [3.63, 3.8) is 0 Å². The molecule has 2 amide bonds. The van der Waals surface area contributed by atoms with Crippen LogP contribution in [0.4, 0.5) is 0 Å². The van der Waals surface area contributed by atoms with Gasteiger partial charge in [0, 0.05) is 12.8 Å². The summed E-state index contributed by atoms with van der Waals surface area (Å²) in [6.45, 7) is 0.209. The average Bonchev–Trinajstić information content (AvgIpc) is 2.70. The zero-order valence-electron chi connectivity index (χ0n) is 9.72. The van der Waals surface area contributed by atoms with Gasteiger partial charge in [0.2, 0.25) is 11.8 Å². The van der Waals surface area contributed by atoms with Crippen LogP contribution in [0.3, 0.4) is 0 Å². The van der Waals surface area contributed by atoms with Crippen LogP contribution in [0.5, 0.6) is 0 Å². The Morgan fingerprint density at radius 2 is 2.00 bits per heavy atom. The third kappa shape index (κ3) is 2.94. The molecule has 0 radical (unpaired) electrons. The molecule has 1 atom stereocenters. The van der Waals surface area contributed by atoms with Crippen LogP contribution in [0.1, 0.15) is 12.0 Å². The van der Waals surface area contributed by atoms with Crippen LogP contribution in [0.15, 0.2) is 30.3 Å². The maximum atomic E-state index is 11.6. The first kappa shape index (κ1) is 12.3. The number of benzene rings is 1. The molecule has 1 saturated heterocycles. The summed E-state index contributed by atoms with van der Waals surface area (Å²) in [5.41, 5.74) is 1.05. The quantitative estimate of drug-likeness (QED) is 0.476. The Kier molecular flexibility index (Phi) is 3.72. The number of imide groups is 1. The monoisotopic (exact) mass is 247 g/mol. The molecule has 1 aromatic rings. The van der Waals surface area contributed by atoms with Gasteiger partial charge in [0.1, 0.15) is 5.92 Å². The number of hydrogen-bond acceptors (Lipinski definition) is 4. The van der Waals surface area contributed by atoms with Gasteiger partial charge in [-0.1, -0.05) is 30.3 Å². The van der Waals surface area contributed by atoms with Crippen molar-refractivity contribution in [2.75, 3.05) is 6.61 Å². The SMILES string of the molecule is O=C1CC(C(=O)OCCc2ccccc2)C(=O)N1. The first-order valence-electron chi connectivity index (χ1n) is 5.71. The van der Waals surface area contributed by atoms with Gasteiger partial charge in [-0.2, -0.15) is 0 Å². The van der Waals surface area contributed by atoms with E-state index in [1.165, 1.54) is 0 Å². The van der Waals surface area contributed by atoms with Gasteiger partial charge in [-0.15, -0.1) is 0 Å². The molecule has 0 saturated carbocycles. The molecule has 5 nitrogen and oxygen atoms in total. The molecule has 1 aliphatic rings. The first-order chi connectivity index (χ1) is 8.66. The van der Waals surface area contributed by atoms with Crippen LogP contribution in [-0.2, 0) is 25.5 Å². The third-order valence-electron chi connectivity index (χ3n) is 2.73. The van der Waals surface area contributed by atoms with Crippen molar-refractivity contribution < 1.29 is 19.1 Å². The van der Waals surface area contributed by atoms with E-state index >= 15 is 0 Å². The summed E-state index contributed by atoms with van der Waals surface area (Å²) in [7, 11) is 0. The van der Waals surface area contributed by atoms with E-state index in [-0.39, 0.29) is 13.0 Å². The zero-order valence-corrected chi connectivity index (χ0v) is 9.72. The molecule has 0 spiro atoms. The van der Waals surface area contributed by atoms with Gasteiger partial charge in [0.15, 0.2) is 0 Å². The summed E-state index contributed by atoms with van der Waals surface area (Å²) in [6, 6.07) is 9.57. The smallest absolute Gasteiger partial charge is 0.319 e. The lowest BCUT2D eigenvalue weighted by atomic mass is 10.1. The molecular weight excluding hydrogens is 234 g/mol. The molecule has 5 heteroatoms. The van der Waals surface area contributed by atoms with Gasteiger partial charge < -0.3 is 4.74 Å². The normalized spacial score (nSPS) is 18.6. The fourth-order valence-corrected chi connectivity index (χ4v) is 1.76. The molecule has 0 aromatic heterocycles. The maximum Gasteiger partial charge on any atom is 0.319 e. The van der Waals surface area contributed by atoms with Crippen LogP contribution in [0.25, 0.3) is 0 Å². The Morgan fingerprint density at radius 3 is 2.61 bits per heavy atom. The topological polar surface area (TPSA) is 72.5 Å². The first-order valence-corrected chi connectivity index (χ1v) is 5.71. The Bertz CT molecular complexity index is 469. The number of carbonyl (C=O) groups is 3. The van der Waals surface area contributed by atoms with Gasteiger partial charge in [-0.05, 0) is 5.56 Å². The van der Waals surface area contributed by atoms with E-state index in [9.17, 15) is 14.4 Å². The highest BCUT2D eigenvalue weighted by Crippen LogP contribution is 2.12. The van der Waals surface area contributed by atoms with E-state index in [4.69, 9.17) is 4.74 Å². The third-order valence-corrected chi connectivity index (χ3v) is 2.73. The second kappa shape index (κ2) is 5.44. The summed E-state index contributed by atoms with van der Waals surface area (Å²) in [6.07, 6.45) is 0.484. The van der Waals surface area contributed by atoms with Crippen molar-refractivity contribution >= 4 is 17.8 Å². The summed E-state index contributed by atoms with van der Waals surface area (Å²) in [5.74, 6) is -2.60. The molecular formula is C13H13NO4. The number of rotatable bonds is 4. The summed E-state index contributed by atoms with van der Waals surface area (Å²) in [4.78, 5) is 33.7. The number of hydrogen-bond donors (Lipinski definition) is 1. The summed E-state index contributed by atoms with van der Waals surface area (Å²) >= 11 is 0. The highest BCUT2D eigenvalue weighted by atomic mass is 16.5. The Hall–Kier alpha value is -2.17. The zero-order chi connectivity index (χ0) is 13.0. The minimum Gasteiger partial charge on any atom is -0.465 e. The van der Waals surface area contributed by atoms with E-state index in [2.05, 4.69) is 5.32 Å². The van der Waals surface area contributed by atoms with E-state index in [1.54, 1.807) is 0 Å². The van der Waals surface area contributed by atoms with E-state index in [1.807, 2.05) is 30.3 Å². The highest BCUT2D eigenvalue weighted by molar-refractivity contribution is 6.12. The van der Waals surface area contributed by atoms with Crippen molar-refractivity contribution in [1.29, 1.82) is 0 Å². The van der Waals surface area contributed by atoms with Gasteiger partial charge in [0.25, 0.3) is 0 Å². The fourth-order valence-electron chi connectivity index (χ4n) is 1.76. The Morgan fingerprint density at radius 1 is 1.28 bits per heavy atom. The van der Waals surface area contributed by atoms with E-state index in [0.29, 0.717) is 6.42 Å². The van der Waals surface area contributed by atoms with Crippen LogP contribution < -0.4 is 5.32 Å². The fraction of sp³-hybridized carbons (Fsp3) is 0.308.